The van der Waals surface area contributed by atoms with Crippen LogP contribution in [-0.2, 0) is 0 Å². The molecule has 17 heavy (non-hydrogen) atoms. The van der Waals surface area contributed by atoms with Crippen LogP contribution in [0, 0.1) is 0 Å². The summed E-state index contributed by atoms with van der Waals surface area (Å²) in [4.78, 5) is 0. The van der Waals surface area contributed by atoms with Crippen molar-refractivity contribution >= 4 is 32.6 Å². The summed E-state index contributed by atoms with van der Waals surface area (Å²) >= 11 is 0. The van der Waals surface area contributed by atoms with Crippen molar-refractivity contribution in [2.24, 2.45) is 0 Å². The summed E-state index contributed by atoms with van der Waals surface area (Å²) < 4.78 is 5.11. The van der Waals surface area contributed by atoms with E-state index in [0.29, 0.717) is 0 Å². The Morgan fingerprint density at radius 2 is 1.65 bits per heavy atom. The van der Waals surface area contributed by atoms with Crippen molar-refractivity contribution in [1.29, 1.82) is 0 Å². The van der Waals surface area contributed by atoms with Crippen molar-refractivity contribution in [3.05, 3.63) is 48.5 Å². The van der Waals surface area contributed by atoms with Gasteiger partial charge in [0.05, 0.1) is 0 Å². The smallest absolute Gasteiger partial charge is 0.188 e. The van der Waals surface area contributed by atoms with Crippen LogP contribution in [0.2, 0.25) is 0 Å². The fourth-order valence-corrected chi connectivity index (χ4v) is 2.34. The van der Waals surface area contributed by atoms with Gasteiger partial charge in [-0.1, -0.05) is 42.5 Å². The van der Waals surface area contributed by atoms with Gasteiger partial charge in [0, 0.05) is 10.7 Å². The van der Waals surface area contributed by atoms with E-state index >= 15 is 0 Å². The summed E-state index contributed by atoms with van der Waals surface area (Å²) in [6.45, 7) is 0. The number of rotatable bonds is 0. The van der Waals surface area contributed by atoms with Crippen LogP contribution in [0.3, 0.4) is 0 Å². The molecule has 4 rings (SSSR count). The van der Waals surface area contributed by atoms with Crippen LogP contribution in [0.25, 0.3) is 32.6 Å². The lowest BCUT2D eigenvalue weighted by Gasteiger charge is -2.02. The van der Waals surface area contributed by atoms with Gasteiger partial charge in [-0.3, -0.25) is 0 Å². The molecule has 0 saturated carbocycles. The molecule has 0 aliphatic heterocycles. The van der Waals surface area contributed by atoms with Crippen LogP contribution in [0.15, 0.2) is 53.1 Å². The number of nitrogens with zero attached hydrogens (tertiary/aromatic N) is 2. The molecular weight excluding hydrogens is 212 g/mol. The van der Waals surface area contributed by atoms with Crippen molar-refractivity contribution in [2.75, 3.05) is 0 Å². The average molecular weight is 220 g/mol. The Kier molecular flexibility index (Phi) is 1.56. The van der Waals surface area contributed by atoms with E-state index in [4.69, 9.17) is 4.52 Å². The molecule has 0 unspecified atom stereocenters. The maximum absolute atomic E-state index is 5.11. The van der Waals surface area contributed by atoms with Gasteiger partial charge in [0.2, 0.25) is 0 Å². The third-order valence-electron chi connectivity index (χ3n) is 3.13. The molecule has 0 atom stereocenters. The second-order valence-electron chi connectivity index (χ2n) is 4.07. The number of aromatic nitrogens is 2. The predicted molar refractivity (Wildman–Crippen MR) is 66.8 cm³/mol. The molecule has 0 N–H and O–H groups in total. The third-order valence-corrected chi connectivity index (χ3v) is 3.13. The highest BCUT2D eigenvalue weighted by molar-refractivity contribution is 6.17. The van der Waals surface area contributed by atoms with Gasteiger partial charge in [0.1, 0.15) is 5.52 Å². The fraction of sp³-hybridized carbons (Fsp3) is 0. The van der Waals surface area contributed by atoms with Gasteiger partial charge in [-0.05, 0) is 22.2 Å². The van der Waals surface area contributed by atoms with Crippen molar-refractivity contribution in [3.8, 4) is 0 Å². The van der Waals surface area contributed by atoms with E-state index in [1.807, 2.05) is 24.3 Å². The zero-order valence-electron chi connectivity index (χ0n) is 8.92. The third kappa shape index (κ3) is 1.11. The first-order valence-corrected chi connectivity index (χ1v) is 5.46. The second-order valence-corrected chi connectivity index (χ2v) is 4.07. The average Bonchev–Trinajstić information content (AvgIpc) is 2.86. The Bertz CT molecular complexity index is 848. The minimum absolute atomic E-state index is 0.730. The van der Waals surface area contributed by atoms with Crippen LogP contribution < -0.4 is 0 Å². The quantitative estimate of drug-likeness (QED) is 0.425. The number of fused-ring (bicyclic) bond motifs is 5. The Morgan fingerprint density at radius 3 is 2.65 bits per heavy atom. The van der Waals surface area contributed by atoms with Gasteiger partial charge in [-0.2, -0.15) is 0 Å². The van der Waals surface area contributed by atoms with Crippen LogP contribution >= 0.6 is 0 Å². The van der Waals surface area contributed by atoms with E-state index in [1.165, 1.54) is 10.8 Å². The van der Waals surface area contributed by atoms with E-state index in [1.54, 1.807) is 0 Å². The van der Waals surface area contributed by atoms with Gasteiger partial charge in [0.15, 0.2) is 5.58 Å². The lowest BCUT2D eigenvalue weighted by atomic mass is 10.0. The van der Waals surface area contributed by atoms with E-state index in [2.05, 4.69) is 34.6 Å². The first-order chi connectivity index (χ1) is 8.43. The molecule has 0 spiro atoms. The molecule has 0 fully saturated rings. The SMILES string of the molecule is c1ccc2c(c1)ccc1ccc3onnc3c12. The Balaban J connectivity index is 2.41. The summed E-state index contributed by atoms with van der Waals surface area (Å²) in [5, 5.41) is 12.4. The molecule has 3 aromatic carbocycles. The van der Waals surface area contributed by atoms with Gasteiger partial charge in [-0.25, -0.2) is 0 Å². The number of hydrogen-bond acceptors (Lipinski definition) is 3. The molecule has 0 aliphatic rings. The maximum Gasteiger partial charge on any atom is 0.188 e. The Hall–Kier alpha value is -2.42. The summed E-state index contributed by atoms with van der Waals surface area (Å²) in [7, 11) is 0. The Labute approximate surface area is 96.6 Å². The van der Waals surface area contributed by atoms with Gasteiger partial charge < -0.3 is 4.52 Å². The van der Waals surface area contributed by atoms with E-state index < -0.39 is 0 Å². The molecular formula is C14H8N2O. The highest BCUT2D eigenvalue weighted by atomic mass is 16.5. The van der Waals surface area contributed by atoms with Gasteiger partial charge in [0.25, 0.3) is 0 Å². The molecule has 0 amide bonds. The Morgan fingerprint density at radius 1 is 0.824 bits per heavy atom. The largest absolute Gasteiger partial charge is 0.337 e. The van der Waals surface area contributed by atoms with Gasteiger partial charge >= 0.3 is 0 Å². The van der Waals surface area contributed by atoms with Crippen LogP contribution in [-0.4, -0.2) is 10.4 Å². The highest BCUT2D eigenvalue weighted by Crippen LogP contribution is 2.30. The molecule has 0 radical (unpaired) electrons. The standard InChI is InChI=1S/C14H8N2O/c1-2-4-11-9(3-1)5-6-10-7-8-12-14(13(10)11)15-16-17-12/h1-8H. The zero-order valence-corrected chi connectivity index (χ0v) is 8.92. The number of hydrogen-bond donors (Lipinski definition) is 0. The van der Waals surface area contributed by atoms with Gasteiger partial charge in [-0.15, -0.1) is 5.10 Å². The maximum atomic E-state index is 5.11. The predicted octanol–water partition coefficient (Wildman–Crippen LogP) is 3.53. The van der Waals surface area contributed by atoms with Crippen LogP contribution in [0.4, 0.5) is 0 Å². The monoisotopic (exact) mass is 220 g/mol. The van der Waals surface area contributed by atoms with Crippen LogP contribution in [0.1, 0.15) is 0 Å². The molecule has 1 aromatic heterocycles. The zero-order chi connectivity index (χ0) is 11.2. The fourth-order valence-electron chi connectivity index (χ4n) is 2.34. The molecule has 4 aromatic rings. The van der Waals surface area contributed by atoms with E-state index in [0.717, 1.165) is 21.9 Å². The van der Waals surface area contributed by atoms with Crippen LogP contribution in [0.5, 0.6) is 0 Å². The van der Waals surface area contributed by atoms with Crippen molar-refractivity contribution < 1.29 is 4.52 Å². The van der Waals surface area contributed by atoms with Crippen molar-refractivity contribution in [1.82, 2.24) is 10.4 Å². The molecule has 0 aliphatic carbocycles. The van der Waals surface area contributed by atoms with Crippen molar-refractivity contribution in [2.45, 2.75) is 0 Å². The number of benzene rings is 3. The molecule has 3 nitrogen and oxygen atoms in total. The first kappa shape index (κ1) is 8.70. The minimum atomic E-state index is 0.730. The summed E-state index contributed by atoms with van der Waals surface area (Å²) in [6.07, 6.45) is 0. The topological polar surface area (TPSA) is 38.9 Å². The lowest BCUT2D eigenvalue weighted by molar-refractivity contribution is 0.424. The summed E-state index contributed by atoms with van der Waals surface area (Å²) in [6, 6.07) is 16.4. The molecule has 0 saturated heterocycles. The van der Waals surface area contributed by atoms with Crippen molar-refractivity contribution in [3.63, 3.8) is 0 Å². The highest BCUT2D eigenvalue weighted by Gasteiger charge is 2.08. The summed E-state index contributed by atoms with van der Waals surface area (Å²) in [5.74, 6) is 0. The first-order valence-electron chi connectivity index (χ1n) is 5.46. The van der Waals surface area contributed by atoms with E-state index in [9.17, 15) is 0 Å². The molecule has 3 heteroatoms. The molecule has 80 valence electrons. The summed E-state index contributed by atoms with van der Waals surface area (Å²) in [5.41, 5.74) is 1.56. The lowest BCUT2D eigenvalue weighted by Crippen LogP contribution is -1.79. The normalized spacial score (nSPS) is 11.5. The second kappa shape index (κ2) is 3.04. The molecule has 0 bridgehead atoms. The minimum Gasteiger partial charge on any atom is -0.337 e. The van der Waals surface area contributed by atoms with E-state index in [-0.39, 0.29) is 0 Å². The molecule has 1 heterocycles.